The van der Waals surface area contributed by atoms with Crippen LogP contribution >= 0.6 is 0 Å². The van der Waals surface area contributed by atoms with Crippen LogP contribution in [0.1, 0.15) is 6.92 Å². The summed E-state index contributed by atoms with van der Waals surface area (Å²) in [6.07, 6.45) is 1.13. The Balaban J connectivity index is 1.68. The summed E-state index contributed by atoms with van der Waals surface area (Å²) < 4.78 is 31.2. The molecule has 1 aliphatic rings. The molecule has 7 nitrogen and oxygen atoms in total. The first-order valence-corrected chi connectivity index (χ1v) is 11.4. The highest BCUT2D eigenvalue weighted by molar-refractivity contribution is 7.92. The van der Waals surface area contributed by atoms with Gasteiger partial charge in [0.05, 0.1) is 19.1 Å². The molecule has 8 heteroatoms. The summed E-state index contributed by atoms with van der Waals surface area (Å²) >= 11 is 0. The Morgan fingerprint density at radius 2 is 1.59 bits per heavy atom. The van der Waals surface area contributed by atoms with Crippen molar-refractivity contribution in [2.24, 2.45) is 0 Å². The highest BCUT2D eigenvalue weighted by atomic mass is 32.2. The molecule has 0 aromatic heterocycles. The van der Waals surface area contributed by atoms with Crippen LogP contribution in [0.5, 0.6) is 5.75 Å². The summed E-state index contributed by atoms with van der Waals surface area (Å²) in [5, 5.41) is 0. The molecule has 1 heterocycles. The van der Waals surface area contributed by atoms with E-state index in [9.17, 15) is 13.2 Å². The van der Waals surface area contributed by atoms with Crippen molar-refractivity contribution in [1.82, 2.24) is 4.90 Å². The quantitative estimate of drug-likeness (QED) is 0.721. The maximum Gasteiger partial charge on any atom is 0.246 e. The number of benzene rings is 2. The van der Waals surface area contributed by atoms with Crippen LogP contribution in [0.3, 0.4) is 0 Å². The lowest BCUT2D eigenvalue weighted by Gasteiger charge is -2.39. The summed E-state index contributed by atoms with van der Waals surface area (Å²) in [6.45, 7) is 4.11. The second kappa shape index (κ2) is 8.73. The van der Waals surface area contributed by atoms with Gasteiger partial charge in [-0.15, -0.1) is 0 Å². The third-order valence-electron chi connectivity index (χ3n) is 5.11. The lowest BCUT2D eigenvalue weighted by atomic mass is 10.2. The van der Waals surface area contributed by atoms with E-state index < -0.39 is 16.1 Å². The summed E-state index contributed by atoms with van der Waals surface area (Å²) in [5.74, 6) is 0.617. The Morgan fingerprint density at radius 1 is 1.00 bits per heavy atom. The molecule has 0 bridgehead atoms. The fourth-order valence-corrected chi connectivity index (χ4v) is 4.79. The van der Waals surface area contributed by atoms with E-state index in [-0.39, 0.29) is 5.91 Å². The van der Waals surface area contributed by atoms with E-state index in [0.717, 1.165) is 17.7 Å². The van der Waals surface area contributed by atoms with E-state index in [1.807, 2.05) is 30.3 Å². The Kier molecular flexibility index (Phi) is 6.32. The third kappa shape index (κ3) is 4.82. The third-order valence-corrected chi connectivity index (χ3v) is 6.35. The molecule has 0 saturated carbocycles. The van der Waals surface area contributed by atoms with E-state index >= 15 is 0 Å². The molecule has 0 N–H and O–H groups in total. The number of rotatable bonds is 6. The summed E-state index contributed by atoms with van der Waals surface area (Å²) in [7, 11) is -1.96. The Labute approximate surface area is 172 Å². The van der Waals surface area contributed by atoms with Gasteiger partial charge in [-0.2, -0.15) is 0 Å². The van der Waals surface area contributed by atoms with Gasteiger partial charge in [0.2, 0.25) is 15.9 Å². The van der Waals surface area contributed by atoms with Crippen molar-refractivity contribution in [2.75, 3.05) is 48.7 Å². The molecular formula is C21H27N3O4S. The van der Waals surface area contributed by atoms with E-state index in [1.165, 1.54) is 4.31 Å². The molecule has 2 aromatic rings. The zero-order chi connectivity index (χ0) is 21.0. The number of sulfonamides is 1. The topological polar surface area (TPSA) is 70.2 Å². The standard InChI is InChI=1S/C21H27N3O4S/c1-17(24(29(3,26)27)19-7-5-4-6-8-19)21(25)23-15-13-22(14-16-23)18-9-11-20(28-2)12-10-18/h4-12,17H,13-16H2,1-3H3/t17-/m0/s1. The van der Waals surface area contributed by atoms with Crippen molar-refractivity contribution in [3.63, 3.8) is 0 Å². The normalized spacial score (nSPS) is 15.7. The van der Waals surface area contributed by atoms with Gasteiger partial charge in [-0.1, -0.05) is 18.2 Å². The first-order valence-electron chi connectivity index (χ1n) is 9.53. The van der Waals surface area contributed by atoms with Crippen LogP contribution in [0.4, 0.5) is 11.4 Å². The van der Waals surface area contributed by atoms with Crippen molar-refractivity contribution in [2.45, 2.75) is 13.0 Å². The van der Waals surface area contributed by atoms with Gasteiger partial charge < -0.3 is 14.5 Å². The molecule has 29 heavy (non-hydrogen) atoms. The molecule has 1 amide bonds. The number of methoxy groups -OCH3 is 1. The van der Waals surface area contributed by atoms with Crippen LogP contribution in [-0.2, 0) is 14.8 Å². The van der Waals surface area contributed by atoms with Crippen molar-refractivity contribution in [1.29, 1.82) is 0 Å². The molecule has 0 unspecified atom stereocenters. The number of nitrogens with zero attached hydrogens (tertiary/aromatic N) is 3. The van der Waals surface area contributed by atoms with Gasteiger partial charge >= 0.3 is 0 Å². The maximum absolute atomic E-state index is 13.1. The Morgan fingerprint density at radius 3 is 2.10 bits per heavy atom. The van der Waals surface area contributed by atoms with Gasteiger partial charge in [0, 0.05) is 31.9 Å². The highest BCUT2D eigenvalue weighted by Crippen LogP contribution is 2.23. The van der Waals surface area contributed by atoms with Crippen molar-refractivity contribution in [3.8, 4) is 5.75 Å². The van der Waals surface area contributed by atoms with Gasteiger partial charge in [0.15, 0.2) is 0 Å². The van der Waals surface area contributed by atoms with Crippen LogP contribution in [0.25, 0.3) is 0 Å². The first kappa shape index (κ1) is 21.0. The SMILES string of the molecule is COc1ccc(N2CCN(C(=O)[C@H](C)N(c3ccccc3)S(C)(=O)=O)CC2)cc1. The van der Waals surface area contributed by atoms with Gasteiger partial charge in [-0.05, 0) is 43.3 Å². The molecule has 3 rings (SSSR count). The number of hydrogen-bond donors (Lipinski definition) is 0. The number of piperazine rings is 1. The number of carbonyl (C=O) groups is 1. The van der Waals surface area contributed by atoms with Crippen LogP contribution in [0, 0.1) is 0 Å². The molecule has 1 aliphatic heterocycles. The molecule has 0 radical (unpaired) electrons. The monoisotopic (exact) mass is 417 g/mol. The number of hydrogen-bond acceptors (Lipinski definition) is 5. The minimum atomic E-state index is -3.60. The highest BCUT2D eigenvalue weighted by Gasteiger charge is 2.33. The predicted molar refractivity (Wildman–Crippen MR) is 115 cm³/mol. The number of anilines is 2. The first-order chi connectivity index (χ1) is 13.8. The molecule has 1 atom stereocenters. The van der Waals surface area contributed by atoms with Crippen LogP contribution in [-0.4, -0.2) is 64.8 Å². The minimum absolute atomic E-state index is 0.186. The zero-order valence-corrected chi connectivity index (χ0v) is 17.8. The average Bonchev–Trinajstić information content (AvgIpc) is 2.73. The van der Waals surface area contributed by atoms with Crippen LogP contribution in [0.2, 0.25) is 0 Å². The molecule has 2 aromatic carbocycles. The Hall–Kier alpha value is -2.74. The molecule has 1 saturated heterocycles. The molecule has 1 fully saturated rings. The lowest BCUT2D eigenvalue weighted by molar-refractivity contribution is -0.132. The number of para-hydroxylation sites is 1. The van der Waals surface area contributed by atoms with Crippen molar-refractivity contribution >= 4 is 27.3 Å². The zero-order valence-electron chi connectivity index (χ0n) is 17.0. The number of ether oxygens (including phenoxy) is 1. The van der Waals surface area contributed by atoms with Crippen LogP contribution < -0.4 is 13.9 Å². The van der Waals surface area contributed by atoms with Gasteiger partial charge in [-0.3, -0.25) is 9.10 Å². The Bertz CT molecular complexity index is 924. The number of amides is 1. The molecular weight excluding hydrogens is 390 g/mol. The van der Waals surface area contributed by atoms with E-state index in [2.05, 4.69) is 4.90 Å². The van der Waals surface area contributed by atoms with Gasteiger partial charge in [0.1, 0.15) is 11.8 Å². The minimum Gasteiger partial charge on any atom is -0.497 e. The average molecular weight is 418 g/mol. The smallest absolute Gasteiger partial charge is 0.246 e. The molecule has 0 aliphatic carbocycles. The fourth-order valence-electron chi connectivity index (χ4n) is 3.62. The van der Waals surface area contributed by atoms with Gasteiger partial charge in [0.25, 0.3) is 0 Å². The second-order valence-corrected chi connectivity index (χ2v) is 8.94. The van der Waals surface area contributed by atoms with Crippen molar-refractivity contribution < 1.29 is 17.9 Å². The largest absolute Gasteiger partial charge is 0.497 e. The van der Waals surface area contributed by atoms with E-state index in [1.54, 1.807) is 43.2 Å². The molecule has 0 spiro atoms. The van der Waals surface area contributed by atoms with E-state index in [4.69, 9.17) is 4.74 Å². The summed E-state index contributed by atoms with van der Waals surface area (Å²) in [5.41, 5.74) is 1.57. The number of carbonyl (C=O) groups excluding carboxylic acids is 1. The predicted octanol–water partition coefficient (Wildman–Crippen LogP) is 2.20. The molecule has 156 valence electrons. The summed E-state index contributed by atoms with van der Waals surface area (Å²) in [6, 6.07) is 15.8. The second-order valence-electron chi connectivity index (χ2n) is 7.08. The van der Waals surface area contributed by atoms with Gasteiger partial charge in [-0.25, -0.2) is 8.42 Å². The fraction of sp³-hybridized carbons (Fsp3) is 0.381. The summed E-state index contributed by atoms with van der Waals surface area (Å²) in [4.78, 5) is 17.0. The van der Waals surface area contributed by atoms with E-state index in [0.29, 0.717) is 31.9 Å². The maximum atomic E-state index is 13.1. The van der Waals surface area contributed by atoms with Crippen molar-refractivity contribution in [3.05, 3.63) is 54.6 Å². The lowest BCUT2D eigenvalue weighted by Crippen LogP contribution is -2.55. The van der Waals surface area contributed by atoms with Crippen LogP contribution in [0.15, 0.2) is 54.6 Å².